The molecule has 0 saturated carbocycles. The van der Waals surface area contributed by atoms with Crippen molar-refractivity contribution in [1.82, 2.24) is 14.9 Å². The molecule has 1 aromatic heterocycles. The summed E-state index contributed by atoms with van der Waals surface area (Å²) in [6.45, 7) is -0.0637. The number of nitrogens with zero attached hydrogens (tertiary/aromatic N) is 3. The van der Waals surface area contributed by atoms with Gasteiger partial charge in [-0.3, -0.25) is 9.10 Å². The van der Waals surface area contributed by atoms with Crippen LogP contribution in [0.25, 0.3) is 5.69 Å². The fraction of sp³-hybridized carbons (Fsp3) is 0.200. The first-order valence-electron chi connectivity index (χ1n) is 8.83. The van der Waals surface area contributed by atoms with Crippen molar-refractivity contribution in [2.75, 3.05) is 24.2 Å². The Morgan fingerprint density at radius 1 is 1.17 bits per heavy atom. The molecule has 8 nitrogen and oxygen atoms in total. The van der Waals surface area contributed by atoms with Crippen LogP contribution in [0.3, 0.4) is 0 Å². The quantitative estimate of drug-likeness (QED) is 0.608. The molecule has 0 atom stereocenters. The number of nitrogens with one attached hydrogen (secondary N) is 1. The van der Waals surface area contributed by atoms with E-state index in [2.05, 4.69) is 10.3 Å². The van der Waals surface area contributed by atoms with Gasteiger partial charge in [0.1, 0.15) is 12.3 Å². The number of aromatic nitrogens is 2. The molecule has 0 saturated heterocycles. The molecule has 1 heterocycles. The Kier molecular flexibility index (Phi) is 6.18. The molecule has 3 rings (SSSR count). The van der Waals surface area contributed by atoms with E-state index in [-0.39, 0.29) is 13.1 Å². The second-order valence-electron chi connectivity index (χ2n) is 6.34. The van der Waals surface area contributed by atoms with Gasteiger partial charge in [0.15, 0.2) is 0 Å². The molecule has 0 fully saturated rings. The van der Waals surface area contributed by atoms with Crippen molar-refractivity contribution in [3.63, 3.8) is 0 Å². The average molecular weight is 414 g/mol. The zero-order valence-corrected chi connectivity index (χ0v) is 17.0. The van der Waals surface area contributed by atoms with Crippen LogP contribution in [0.2, 0.25) is 0 Å². The third kappa shape index (κ3) is 5.14. The van der Waals surface area contributed by atoms with Gasteiger partial charge in [0, 0.05) is 18.9 Å². The zero-order valence-electron chi connectivity index (χ0n) is 16.1. The summed E-state index contributed by atoms with van der Waals surface area (Å²) in [4.78, 5) is 16.5. The monoisotopic (exact) mass is 414 g/mol. The maximum absolute atomic E-state index is 12.5. The predicted octanol–water partition coefficient (Wildman–Crippen LogP) is 1.96. The second kappa shape index (κ2) is 8.78. The lowest BCUT2D eigenvalue weighted by Crippen LogP contribution is -2.40. The Labute approximate surface area is 169 Å². The minimum absolute atomic E-state index is 0.257. The first-order chi connectivity index (χ1) is 13.9. The Hall–Kier alpha value is -3.33. The number of rotatable bonds is 8. The zero-order chi connectivity index (χ0) is 20.9. The highest BCUT2D eigenvalue weighted by Gasteiger charge is 2.21. The number of hydrogen-bond donors (Lipinski definition) is 1. The van der Waals surface area contributed by atoms with E-state index in [0.717, 1.165) is 21.8 Å². The molecule has 152 valence electrons. The molecule has 0 unspecified atom stereocenters. The molecule has 0 spiro atoms. The lowest BCUT2D eigenvalue weighted by Gasteiger charge is -2.22. The number of hydrogen-bond acceptors (Lipinski definition) is 5. The normalized spacial score (nSPS) is 11.1. The standard InChI is InChI=1S/C20H22N4O4S/c1-28-18-9-7-17(8-10-18)24(29(2,26)27)14-20(25)22-13-16-5-3-4-6-19(16)23-12-11-21-15-23/h3-12,15H,13-14H2,1-2H3,(H,22,25). The van der Waals surface area contributed by atoms with Gasteiger partial charge in [0.25, 0.3) is 0 Å². The van der Waals surface area contributed by atoms with E-state index in [1.165, 1.54) is 7.11 Å². The number of benzene rings is 2. The number of carbonyl (C=O) groups excluding carboxylic acids is 1. The largest absolute Gasteiger partial charge is 0.497 e. The summed E-state index contributed by atoms with van der Waals surface area (Å²) in [5, 5.41) is 2.79. The van der Waals surface area contributed by atoms with E-state index < -0.39 is 15.9 Å². The highest BCUT2D eigenvalue weighted by Crippen LogP contribution is 2.21. The summed E-state index contributed by atoms with van der Waals surface area (Å²) in [5.74, 6) is 0.189. The van der Waals surface area contributed by atoms with Gasteiger partial charge in [-0.25, -0.2) is 13.4 Å². The number of ether oxygens (including phenoxy) is 1. The van der Waals surface area contributed by atoms with Crippen molar-refractivity contribution in [3.05, 3.63) is 72.8 Å². The van der Waals surface area contributed by atoms with Crippen molar-refractivity contribution >= 4 is 21.6 Å². The first-order valence-corrected chi connectivity index (χ1v) is 10.7. The van der Waals surface area contributed by atoms with Crippen LogP contribution in [0, 0.1) is 0 Å². The van der Waals surface area contributed by atoms with E-state index in [1.54, 1.807) is 36.8 Å². The number of sulfonamides is 1. The molecule has 1 amide bonds. The fourth-order valence-corrected chi connectivity index (χ4v) is 3.70. The fourth-order valence-electron chi connectivity index (χ4n) is 2.84. The van der Waals surface area contributed by atoms with E-state index >= 15 is 0 Å². The summed E-state index contributed by atoms with van der Waals surface area (Å²) >= 11 is 0. The summed E-state index contributed by atoms with van der Waals surface area (Å²) in [7, 11) is -2.11. The van der Waals surface area contributed by atoms with Crippen molar-refractivity contribution in [3.8, 4) is 11.4 Å². The van der Waals surface area contributed by atoms with Gasteiger partial charge in [-0.1, -0.05) is 18.2 Å². The van der Waals surface area contributed by atoms with Crippen molar-refractivity contribution in [2.24, 2.45) is 0 Å². The predicted molar refractivity (Wildman–Crippen MR) is 111 cm³/mol. The number of para-hydroxylation sites is 1. The number of methoxy groups -OCH3 is 1. The first kappa shape index (κ1) is 20.4. The molecular weight excluding hydrogens is 392 g/mol. The molecule has 9 heteroatoms. The highest BCUT2D eigenvalue weighted by atomic mass is 32.2. The second-order valence-corrected chi connectivity index (χ2v) is 8.25. The number of anilines is 1. The molecule has 3 aromatic rings. The Bertz CT molecular complexity index is 1060. The number of imidazole rings is 1. The summed E-state index contributed by atoms with van der Waals surface area (Å²) in [5.41, 5.74) is 2.16. The van der Waals surface area contributed by atoms with Crippen LogP contribution >= 0.6 is 0 Å². The van der Waals surface area contributed by atoms with Crippen molar-refractivity contribution < 1.29 is 17.9 Å². The van der Waals surface area contributed by atoms with Crippen molar-refractivity contribution in [1.29, 1.82) is 0 Å². The van der Waals surface area contributed by atoms with Crippen LogP contribution in [0.5, 0.6) is 5.75 Å². The van der Waals surface area contributed by atoms with Gasteiger partial charge in [0.05, 0.1) is 31.1 Å². The Morgan fingerprint density at radius 2 is 1.90 bits per heavy atom. The molecular formula is C20H22N4O4S. The van der Waals surface area contributed by atoms with Gasteiger partial charge in [-0.2, -0.15) is 0 Å². The Morgan fingerprint density at radius 3 is 2.52 bits per heavy atom. The molecule has 1 N–H and O–H groups in total. The molecule has 0 aliphatic rings. The number of carbonyl (C=O) groups is 1. The minimum Gasteiger partial charge on any atom is -0.497 e. The van der Waals surface area contributed by atoms with Crippen LogP contribution in [-0.4, -0.2) is 43.8 Å². The molecule has 2 aromatic carbocycles. The summed E-state index contributed by atoms with van der Waals surface area (Å²) in [6, 6.07) is 14.1. The van der Waals surface area contributed by atoms with Gasteiger partial charge in [-0.15, -0.1) is 0 Å². The molecule has 0 aliphatic heterocycles. The third-order valence-electron chi connectivity index (χ3n) is 4.30. The van der Waals surface area contributed by atoms with Crippen LogP contribution < -0.4 is 14.4 Å². The smallest absolute Gasteiger partial charge is 0.241 e. The van der Waals surface area contributed by atoms with Crippen LogP contribution in [0.15, 0.2) is 67.3 Å². The highest BCUT2D eigenvalue weighted by molar-refractivity contribution is 7.92. The van der Waals surface area contributed by atoms with E-state index in [1.807, 2.05) is 35.0 Å². The molecule has 0 aliphatic carbocycles. The van der Waals surface area contributed by atoms with Gasteiger partial charge in [-0.05, 0) is 35.9 Å². The van der Waals surface area contributed by atoms with E-state index in [0.29, 0.717) is 11.4 Å². The van der Waals surface area contributed by atoms with Gasteiger partial charge in [0.2, 0.25) is 15.9 Å². The minimum atomic E-state index is -3.64. The lowest BCUT2D eigenvalue weighted by molar-refractivity contribution is -0.119. The Balaban J connectivity index is 1.72. The number of amides is 1. The third-order valence-corrected chi connectivity index (χ3v) is 5.44. The van der Waals surface area contributed by atoms with Gasteiger partial charge >= 0.3 is 0 Å². The van der Waals surface area contributed by atoms with Crippen LogP contribution in [0.4, 0.5) is 5.69 Å². The molecule has 0 bridgehead atoms. The lowest BCUT2D eigenvalue weighted by atomic mass is 10.1. The van der Waals surface area contributed by atoms with E-state index in [4.69, 9.17) is 4.74 Å². The van der Waals surface area contributed by atoms with E-state index in [9.17, 15) is 13.2 Å². The summed E-state index contributed by atoms with van der Waals surface area (Å²) < 4.78 is 32.4. The SMILES string of the molecule is COc1ccc(N(CC(=O)NCc2ccccc2-n2ccnc2)S(C)(=O)=O)cc1. The topological polar surface area (TPSA) is 93.5 Å². The van der Waals surface area contributed by atoms with Crippen molar-refractivity contribution in [2.45, 2.75) is 6.54 Å². The maximum atomic E-state index is 12.5. The summed E-state index contributed by atoms with van der Waals surface area (Å²) in [6.07, 6.45) is 6.23. The van der Waals surface area contributed by atoms with Crippen LogP contribution in [-0.2, 0) is 21.4 Å². The van der Waals surface area contributed by atoms with Gasteiger partial charge < -0.3 is 14.6 Å². The average Bonchev–Trinajstić information content (AvgIpc) is 3.25. The molecule has 29 heavy (non-hydrogen) atoms. The molecule has 0 radical (unpaired) electrons. The van der Waals surface area contributed by atoms with Crippen LogP contribution in [0.1, 0.15) is 5.56 Å². The maximum Gasteiger partial charge on any atom is 0.241 e.